The van der Waals surface area contributed by atoms with Crippen molar-refractivity contribution in [3.63, 3.8) is 0 Å². The molecule has 0 atom stereocenters. The fourth-order valence-electron chi connectivity index (χ4n) is 3.97. The van der Waals surface area contributed by atoms with Gasteiger partial charge in [-0.1, -0.05) is 0 Å². The molecule has 1 aromatic carbocycles. The van der Waals surface area contributed by atoms with E-state index in [2.05, 4.69) is 5.10 Å². The maximum Gasteiger partial charge on any atom is 0.310 e. The van der Waals surface area contributed by atoms with Crippen LogP contribution in [0.4, 0.5) is 0 Å². The number of carbonyl (C=O) groups excluding carboxylic acids is 3. The Morgan fingerprint density at radius 2 is 1.65 bits per heavy atom. The van der Waals surface area contributed by atoms with E-state index in [0.29, 0.717) is 26.2 Å². The Morgan fingerprint density at radius 1 is 1.03 bits per heavy atom. The molecule has 0 radical (unpaired) electrons. The lowest BCUT2D eigenvalue weighted by Crippen LogP contribution is -2.54. The van der Waals surface area contributed by atoms with Gasteiger partial charge in [-0.15, -0.1) is 0 Å². The number of aliphatic hydroxyl groups is 1. The van der Waals surface area contributed by atoms with Crippen LogP contribution in [0.15, 0.2) is 18.3 Å². The molecule has 0 spiro atoms. The molecule has 2 aromatic rings. The monoisotopic (exact) mass is 472 g/mol. The summed E-state index contributed by atoms with van der Waals surface area (Å²) in [5.41, 5.74) is 1.23. The summed E-state index contributed by atoms with van der Waals surface area (Å²) in [4.78, 5) is 41.1. The third kappa shape index (κ3) is 6.14. The van der Waals surface area contributed by atoms with Crippen molar-refractivity contribution in [2.45, 2.75) is 60.1 Å². The number of piperazine rings is 1. The van der Waals surface area contributed by atoms with Gasteiger partial charge in [0, 0.05) is 37.8 Å². The van der Waals surface area contributed by atoms with Gasteiger partial charge in [-0.05, 0) is 64.8 Å². The van der Waals surface area contributed by atoms with Gasteiger partial charge in [0.25, 0.3) is 0 Å². The van der Waals surface area contributed by atoms with E-state index in [9.17, 15) is 19.5 Å². The molecule has 1 N–H and O–H groups in total. The third-order valence-corrected chi connectivity index (χ3v) is 5.96. The zero-order valence-electron chi connectivity index (χ0n) is 21.1. The molecule has 1 aliphatic heterocycles. The molecule has 9 heteroatoms. The second-order valence-electron chi connectivity index (χ2n) is 10.6. The van der Waals surface area contributed by atoms with Crippen molar-refractivity contribution < 1.29 is 24.2 Å². The van der Waals surface area contributed by atoms with Crippen LogP contribution in [0.2, 0.25) is 0 Å². The first-order valence-electron chi connectivity index (χ1n) is 11.7. The standard InChI is InChI=1S/C25H36N4O5/c1-17-11-20-19(12-18(17)13-22(32)34-24(2,3)4)14-29(26-20)15-21(31)27-7-9-28(10-8-27)23(33)25(5,6)16-30/h11-12,14,30H,7-10,13,15-16H2,1-6H3. The fourth-order valence-corrected chi connectivity index (χ4v) is 3.97. The van der Waals surface area contributed by atoms with Gasteiger partial charge in [-0.2, -0.15) is 5.10 Å². The summed E-state index contributed by atoms with van der Waals surface area (Å²) in [5, 5.41) is 14.8. The average Bonchev–Trinajstić information content (AvgIpc) is 3.12. The Labute approximate surface area is 200 Å². The van der Waals surface area contributed by atoms with E-state index < -0.39 is 11.0 Å². The van der Waals surface area contributed by atoms with E-state index in [-0.39, 0.29) is 37.4 Å². The summed E-state index contributed by atoms with van der Waals surface area (Å²) >= 11 is 0. The quantitative estimate of drug-likeness (QED) is 0.644. The smallest absolute Gasteiger partial charge is 0.310 e. The number of benzene rings is 1. The van der Waals surface area contributed by atoms with Gasteiger partial charge in [0.1, 0.15) is 12.1 Å². The molecule has 1 aliphatic rings. The topological polar surface area (TPSA) is 105 Å². The number of hydrogen-bond donors (Lipinski definition) is 1. The zero-order chi connectivity index (χ0) is 25.3. The number of aryl methyl sites for hydroxylation is 1. The molecule has 0 bridgehead atoms. The lowest BCUT2D eigenvalue weighted by atomic mass is 9.92. The van der Waals surface area contributed by atoms with Crippen LogP contribution in [-0.2, 0) is 32.1 Å². The lowest BCUT2D eigenvalue weighted by molar-refractivity contribution is -0.154. The van der Waals surface area contributed by atoms with Crippen molar-refractivity contribution in [1.29, 1.82) is 0 Å². The average molecular weight is 473 g/mol. The molecule has 0 aliphatic carbocycles. The Bertz CT molecular complexity index is 1070. The second kappa shape index (κ2) is 9.74. The number of ether oxygens (including phenoxy) is 1. The summed E-state index contributed by atoms with van der Waals surface area (Å²) in [7, 11) is 0. The lowest BCUT2D eigenvalue weighted by Gasteiger charge is -2.38. The Hall–Kier alpha value is -2.94. The molecular formula is C25H36N4O5. The first-order valence-corrected chi connectivity index (χ1v) is 11.7. The minimum atomic E-state index is -0.818. The van der Waals surface area contributed by atoms with Crippen molar-refractivity contribution in [2.75, 3.05) is 32.8 Å². The van der Waals surface area contributed by atoms with E-state index in [4.69, 9.17) is 4.74 Å². The van der Waals surface area contributed by atoms with Crippen LogP contribution in [0, 0.1) is 12.3 Å². The van der Waals surface area contributed by atoms with Gasteiger partial charge < -0.3 is 19.6 Å². The summed E-state index contributed by atoms with van der Waals surface area (Å²) in [5.74, 6) is -0.442. The highest BCUT2D eigenvalue weighted by molar-refractivity contribution is 5.84. The Balaban J connectivity index is 1.63. The molecular weight excluding hydrogens is 436 g/mol. The van der Waals surface area contributed by atoms with E-state index in [1.807, 2.05) is 46.0 Å². The highest BCUT2D eigenvalue weighted by Gasteiger charge is 2.33. The molecule has 34 heavy (non-hydrogen) atoms. The van der Waals surface area contributed by atoms with Crippen LogP contribution < -0.4 is 0 Å². The van der Waals surface area contributed by atoms with Gasteiger partial charge in [0.05, 0.1) is 24.0 Å². The van der Waals surface area contributed by atoms with Gasteiger partial charge >= 0.3 is 5.97 Å². The number of rotatable bonds is 6. The third-order valence-electron chi connectivity index (χ3n) is 5.96. The number of aliphatic hydroxyl groups excluding tert-OH is 1. The number of hydrogen-bond acceptors (Lipinski definition) is 6. The Morgan fingerprint density at radius 3 is 2.24 bits per heavy atom. The number of aromatic nitrogens is 2. The SMILES string of the molecule is Cc1cc2nn(CC(=O)N3CCN(C(=O)C(C)(C)CO)CC3)cc2cc1CC(=O)OC(C)(C)C. The van der Waals surface area contributed by atoms with Gasteiger partial charge in [0.2, 0.25) is 11.8 Å². The zero-order valence-corrected chi connectivity index (χ0v) is 21.1. The minimum Gasteiger partial charge on any atom is -0.460 e. The highest BCUT2D eigenvalue weighted by atomic mass is 16.6. The van der Waals surface area contributed by atoms with Crippen LogP contribution in [-0.4, -0.2) is 80.9 Å². The van der Waals surface area contributed by atoms with Crippen molar-refractivity contribution in [3.05, 3.63) is 29.5 Å². The highest BCUT2D eigenvalue weighted by Crippen LogP contribution is 2.22. The van der Waals surface area contributed by atoms with Gasteiger partial charge in [0.15, 0.2) is 0 Å². The molecule has 1 fully saturated rings. The van der Waals surface area contributed by atoms with Crippen LogP contribution in [0.1, 0.15) is 45.7 Å². The molecule has 186 valence electrons. The molecule has 9 nitrogen and oxygen atoms in total. The Kier molecular flexibility index (Phi) is 7.35. The van der Waals surface area contributed by atoms with E-state index in [1.165, 1.54) is 0 Å². The number of nitrogens with zero attached hydrogens (tertiary/aromatic N) is 4. The van der Waals surface area contributed by atoms with Gasteiger partial charge in [-0.25, -0.2) is 0 Å². The van der Waals surface area contributed by atoms with E-state index in [0.717, 1.165) is 22.0 Å². The minimum absolute atomic E-state index is 0.0629. The molecule has 0 unspecified atom stereocenters. The number of amides is 2. The van der Waals surface area contributed by atoms with Crippen LogP contribution in [0.3, 0.4) is 0 Å². The molecule has 3 rings (SSSR count). The number of fused-ring (bicyclic) bond motifs is 1. The summed E-state index contributed by atoms with van der Waals surface area (Å²) in [6.45, 7) is 12.6. The first kappa shape index (κ1) is 25.7. The fraction of sp³-hybridized carbons (Fsp3) is 0.600. The number of carbonyl (C=O) groups is 3. The van der Waals surface area contributed by atoms with Crippen LogP contribution in [0.5, 0.6) is 0 Å². The van der Waals surface area contributed by atoms with Crippen molar-refractivity contribution in [1.82, 2.24) is 19.6 Å². The van der Waals surface area contributed by atoms with Crippen LogP contribution in [0.25, 0.3) is 10.9 Å². The maximum atomic E-state index is 12.8. The summed E-state index contributed by atoms with van der Waals surface area (Å²) in [6, 6.07) is 3.85. The van der Waals surface area contributed by atoms with Crippen LogP contribution >= 0.6 is 0 Å². The molecule has 2 amide bonds. The van der Waals surface area contributed by atoms with Crippen molar-refractivity contribution >= 4 is 28.7 Å². The molecule has 1 saturated heterocycles. The largest absolute Gasteiger partial charge is 0.460 e. The molecule has 0 saturated carbocycles. The second-order valence-corrected chi connectivity index (χ2v) is 10.6. The maximum absolute atomic E-state index is 12.8. The van der Waals surface area contributed by atoms with E-state index in [1.54, 1.807) is 28.3 Å². The predicted octanol–water partition coefficient (Wildman–Crippen LogP) is 1.92. The first-order chi connectivity index (χ1) is 15.8. The van der Waals surface area contributed by atoms with Crippen molar-refractivity contribution in [2.24, 2.45) is 5.41 Å². The molecule has 2 heterocycles. The van der Waals surface area contributed by atoms with Gasteiger partial charge in [-0.3, -0.25) is 19.1 Å². The van der Waals surface area contributed by atoms with E-state index >= 15 is 0 Å². The normalized spacial score (nSPS) is 15.0. The number of esters is 1. The summed E-state index contributed by atoms with van der Waals surface area (Å²) < 4.78 is 7.06. The predicted molar refractivity (Wildman–Crippen MR) is 128 cm³/mol. The van der Waals surface area contributed by atoms with Crippen molar-refractivity contribution in [3.8, 4) is 0 Å². The molecule has 1 aromatic heterocycles. The summed E-state index contributed by atoms with van der Waals surface area (Å²) in [6.07, 6.45) is 1.99.